The van der Waals surface area contributed by atoms with Gasteiger partial charge in [-0.25, -0.2) is 4.79 Å². The molecule has 3 rings (SSSR count). The third-order valence-corrected chi connectivity index (χ3v) is 5.58. The van der Waals surface area contributed by atoms with Gasteiger partial charge in [0.05, 0.1) is 17.1 Å². The lowest BCUT2D eigenvalue weighted by Gasteiger charge is -2.36. The van der Waals surface area contributed by atoms with E-state index in [0.29, 0.717) is 32.7 Å². The summed E-state index contributed by atoms with van der Waals surface area (Å²) < 4.78 is 38.9. The molecule has 1 N–H and O–H groups in total. The van der Waals surface area contributed by atoms with E-state index < -0.39 is 22.8 Å². The quantitative estimate of drug-likeness (QED) is 0.795. The number of piperidine rings is 1. The van der Waals surface area contributed by atoms with Crippen LogP contribution in [0.25, 0.3) is 0 Å². The number of likely N-dealkylation sites (tertiary alicyclic amines) is 1. The zero-order valence-electron chi connectivity index (χ0n) is 16.0. The number of nitrogens with zero attached hydrogens (tertiary/aromatic N) is 3. The SMILES string of the molecule is O=C(CN1CCN(C(=O)Nc2ccc(Cl)c(C(F)(F)F)c2)CC1)N1CCCCC1. The van der Waals surface area contributed by atoms with E-state index in [1.807, 2.05) is 9.80 Å². The van der Waals surface area contributed by atoms with Gasteiger partial charge in [0.15, 0.2) is 0 Å². The van der Waals surface area contributed by atoms with Gasteiger partial charge in [0, 0.05) is 45.0 Å². The summed E-state index contributed by atoms with van der Waals surface area (Å²) in [7, 11) is 0. The van der Waals surface area contributed by atoms with Crippen molar-refractivity contribution < 1.29 is 22.8 Å². The Morgan fingerprint density at radius 1 is 0.966 bits per heavy atom. The van der Waals surface area contributed by atoms with E-state index in [1.165, 1.54) is 11.0 Å². The molecule has 160 valence electrons. The van der Waals surface area contributed by atoms with Crippen molar-refractivity contribution >= 4 is 29.2 Å². The second-order valence-electron chi connectivity index (χ2n) is 7.33. The lowest BCUT2D eigenvalue weighted by molar-refractivity contribution is -0.137. The van der Waals surface area contributed by atoms with Gasteiger partial charge in [-0.3, -0.25) is 9.69 Å². The molecule has 0 atom stereocenters. The van der Waals surface area contributed by atoms with E-state index >= 15 is 0 Å². The van der Waals surface area contributed by atoms with Crippen molar-refractivity contribution in [1.82, 2.24) is 14.7 Å². The molecule has 0 saturated carbocycles. The molecule has 0 aliphatic carbocycles. The Bertz CT molecular complexity index is 745. The monoisotopic (exact) mass is 432 g/mol. The average Bonchev–Trinajstić information content (AvgIpc) is 2.69. The summed E-state index contributed by atoms with van der Waals surface area (Å²) in [5.41, 5.74) is -0.951. The van der Waals surface area contributed by atoms with Crippen molar-refractivity contribution in [3.63, 3.8) is 0 Å². The largest absolute Gasteiger partial charge is 0.417 e. The third-order valence-electron chi connectivity index (χ3n) is 5.25. The molecule has 1 aromatic rings. The fourth-order valence-corrected chi connectivity index (χ4v) is 3.79. The summed E-state index contributed by atoms with van der Waals surface area (Å²) in [6.07, 6.45) is -1.35. The Labute approximate surface area is 172 Å². The van der Waals surface area contributed by atoms with E-state index in [4.69, 9.17) is 11.6 Å². The van der Waals surface area contributed by atoms with E-state index in [1.54, 1.807) is 0 Å². The summed E-state index contributed by atoms with van der Waals surface area (Å²) >= 11 is 5.60. The minimum absolute atomic E-state index is 0.0365. The minimum Gasteiger partial charge on any atom is -0.342 e. The maximum absolute atomic E-state index is 13.0. The molecule has 2 aliphatic heterocycles. The summed E-state index contributed by atoms with van der Waals surface area (Å²) in [6, 6.07) is 2.81. The molecule has 2 aliphatic rings. The van der Waals surface area contributed by atoms with Gasteiger partial charge in [0.2, 0.25) is 5.91 Å². The Morgan fingerprint density at radius 2 is 1.62 bits per heavy atom. The van der Waals surface area contributed by atoms with E-state index in [2.05, 4.69) is 5.32 Å². The molecule has 29 heavy (non-hydrogen) atoms. The van der Waals surface area contributed by atoms with Crippen LogP contribution < -0.4 is 5.32 Å². The van der Waals surface area contributed by atoms with Crippen LogP contribution in [0.2, 0.25) is 5.02 Å². The Kier molecular flexibility index (Phi) is 6.89. The first-order chi connectivity index (χ1) is 13.7. The highest BCUT2D eigenvalue weighted by Gasteiger charge is 2.33. The van der Waals surface area contributed by atoms with Gasteiger partial charge in [0.1, 0.15) is 0 Å². The number of benzene rings is 1. The standard InChI is InChI=1S/C19H24ClF3N4O2/c20-16-5-4-14(12-15(16)19(21,22)23)24-18(29)27-10-8-25(9-11-27)13-17(28)26-6-2-1-3-7-26/h4-5,12H,1-3,6-11,13H2,(H,24,29). The van der Waals surface area contributed by atoms with Crippen LogP contribution >= 0.6 is 11.6 Å². The van der Waals surface area contributed by atoms with Crippen LogP contribution in [-0.4, -0.2) is 72.5 Å². The van der Waals surface area contributed by atoms with Crippen molar-refractivity contribution in [2.45, 2.75) is 25.4 Å². The number of amides is 3. The van der Waals surface area contributed by atoms with Crippen molar-refractivity contribution in [2.75, 3.05) is 51.1 Å². The number of hydrogen-bond donors (Lipinski definition) is 1. The average molecular weight is 433 g/mol. The molecule has 2 heterocycles. The van der Waals surface area contributed by atoms with Gasteiger partial charge in [-0.2, -0.15) is 13.2 Å². The maximum atomic E-state index is 13.0. The van der Waals surface area contributed by atoms with Crippen LogP contribution in [-0.2, 0) is 11.0 Å². The van der Waals surface area contributed by atoms with Crippen molar-refractivity contribution in [3.8, 4) is 0 Å². The molecule has 1 aromatic carbocycles. The van der Waals surface area contributed by atoms with Gasteiger partial charge in [-0.15, -0.1) is 0 Å². The molecule has 2 fully saturated rings. The van der Waals surface area contributed by atoms with Gasteiger partial charge in [-0.05, 0) is 37.5 Å². The number of carbonyl (C=O) groups excluding carboxylic acids is 2. The lowest BCUT2D eigenvalue weighted by Crippen LogP contribution is -2.52. The number of halogens is 4. The lowest BCUT2D eigenvalue weighted by atomic mass is 10.1. The molecule has 0 radical (unpaired) electrons. The second-order valence-corrected chi connectivity index (χ2v) is 7.73. The predicted octanol–water partition coefficient (Wildman–Crippen LogP) is 3.52. The first-order valence-corrected chi connectivity index (χ1v) is 10.0. The van der Waals surface area contributed by atoms with Crippen molar-refractivity contribution in [3.05, 3.63) is 28.8 Å². The Balaban J connectivity index is 1.49. The number of anilines is 1. The van der Waals surface area contributed by atoms with Crippen LogP contribution in [0.3, 0.4) is 0 Å². The third kappa shape index (κ3) is 5.76. The van der Waals surface area contributed by atoms with Crippen LogP contribution in [0.5, 0.6) is 0 Å². The summed E-state index contributed by atoms with van der Waals surface area (Å²) in [5, 5.41) is 2.08. The number of nitrogens with one attached hydrogen (secondary N) is 1. The fourth-order valence-electron chi connectivity index (χ4n) is 3.57. The Morgan fingerprint density at radius 3 is 2.24 bits per heavy atom. The van der Waals surface area contributed by atoms with Crippen LogP contribution in [0.1, 0.15) is 24.8 Å². The number of rotatable bonds is 3. The normalized spacial score (nSPS) is 18.6. The van der Waals surface area contributed by atoms with Crippen LogP contribution in [0.15, 0.2) is 18.2 Å². The zero-order valence-corrected chi connectivity index (χ0v) is 16.7. The first kappa shape index (κ1) is 21.7. The van der Waals surface area contributed by atoms with E-state index in [-0.39, 0.29) is 11.6 Å². The van der Waals surface area contributed by atoms with Gasteiger partial charge in [0.25, 0.3) is 0 Å². The smallest absolute Gasteiger partial charge is 0.342 e. The van der Waals surface area contributed by atoms with Crippen LogP contribution in [0.4, 0.5) is 23.7 Å². The first-order valence-electron chi connectivity index (χ1n) is 9.67. The summed E-state index contributed by atoms with van der Waals surface area (Å²) in [6.45, 7) is 3.84. The molecular weight excluding hydrogens is 409 g/mol. The molecule has 6 nitrogen and oxygen atoms in total. The van der Waals surface area contributed by atoms with Gasteiger partial charge < -0.3 is 15.1 Å². The molecule has 3 amide bonds. The van der Waals surface area contributed by atoms with Crippen LogP contribution in [0, 0.1) is 0 Å². The highest BCUT2D eigenvalue weighted by molar-refractivity contribution is 6.31. The zero-order chi connectivity index (χ0) is 21.0. The highest BCUT2D eigenvalue weighted by atomic mass is 35.5. The van der Waals surface area contributed by atoms with E-state index in [0.717, 1.165) is 44.5 Å². The van der Waals surface area contributed by atoms with E-state index in [9.17, 15) is 22.8 Å². The highest BCUT2D eigenvalue weighted by Crippen LogP contribution is 2.36. The summed E-state index contributed by atoms with van der Waals surface area (Å²) in [5.74, 6) is 0.114. The molecule has 0 spiro atoms. The predicted molar refractivity (Wildman–Crippen MR) is 104 cm³/mol. The number of urea groups is 1. The molecule has 10 heteroatoms. The minimum atomic E-state index is -4.59. The van der Waals surface area contributed by atoms with Gasteiger partial charge in [-0.1, -0.05) is 11.6 Å². The number of hydrogen-bond acceptors (Lipinski definition) is 3. The molecular formula is C19H24ClF3N4O2. The number of piperazine rings is 1. The fraction of sp³-hybridized carbons (Fsp3) is 0.579. The molecule has 0 bridgehead atoms. The molecule has 0 unspecified atom stereocenters. The molecule has 2 saturated heterocycles. The number of alkyl halides is 3. The second kappa shape index (κ2) is 9.21. The maximum Gasteiger partial charge on any atom is 0.417 e. The van der Waals surface area contributed by atoms with Crippen molar-refractivity contribution in [1.29, 1.82) is 0 Å². The topological polar surface area (TPSA) is 55.9 Å². The van der Waals surface area contributed by atoms with Gasteiger partial charge >= 0.3 is 12.2 Å². The Hall–Kier alpha value is -2.00. The summed E-state index contributed by atoms with van der Waals surface area (Å²) in [4.78, 5) is 30.2. The van der Waals surface area contributed by atoms with Crippen molar-refractivity contribution in [2.24, 2.45) is 0 Å². The number of carbonyl (C=O) groups is 2. The molecule has 0 aromatic heterocycles.